The molecule has 0 amide bonds. The maximum absolute atomic E-state index is 6.56. The Hall–Kier alpha value is 0.580. The summed E-state index contributed by atoms with van der Waals surface area (Å²) in [5.74, 6) is 0.555. The fraction of sp³-hybridized carbons (Fsp3) is 0.733. The summed E-state index contributed by atoms with van der Waals surface area (Å²) >= 11 is 8.89. The second-order valence-electron chi connectivity index (χ2n) is 6.14. The van der Waals surface area contributed by atoms with Crippen LogP contribution in [-0.4, -0.2) is 12.2 Å². The normalized spacial score (nSPS) is 27.6. The molecule has 1 aromatic rings. The molecule has 2 nitrogen and oxygen atoms in total. The fourth-order valence-electron chi connectivity index (χ4n) is 3.68. The standard InChI is InChI=1S/C15H21Br2NOS/c16-11-8-12(20-14(11)17)13(18)10-4-7-19-15(9-10)5-2-1-3-6-15/h8,10,13H,1-7,9,18H2. The molecule has 2 atom stereocenters. The van der Waals surface area contributed by atoms with Gasteiger partial charge in [0.05, 0.1) is 9.39 Å². The Morgan fingerprint density at radius 2 is 2.05 bits per heavy atom. The molecular weight excluding hydrogens is 402 g/mol. The SMILES string of the molecule is NC(c1cc(Br)c(Br)s1)C1CCOC2(CCCCC2)C1. The Labute approximate surface area is 141 Å². The van der Waals surface area contributed by atoms with Gasteiger partial charge in [0, 0.05) is 22.0 Å². The lowest BCUT2D eigenvalue weighted by Crippen LogP contribution is -2.43. The zero-order valence-corrected chi connectivity index (χ0v) is 15.5. The Bertz CT molecular complexity index is 445. The lowest BCUT2D eigenvalue weighted by molar-refractivity contribution is -0.120. The van der Waals surface area contributed by atoms with Gasteiger partial charge in [-0.3, -0.25) is 0 Å². The van der Waals surface area contributed by atoms with Crippen molar-refractivity contribution in [3.8, 4) is 0 Å². The minimum absolute atomic E-state index is 0.143. The molecule has 5 heteroatoms. The molecule has 0 bridgehead atoms. The van der Waals surface area contributed by atoms with Gasteiger partial charge in [0.25, 0.3) is 0 Å². The van der Waals surface area contributed by atoms with Gasteiger partial charge < -0.3 is 10.5 Å². The van der Waals surface area contributed by atoms with Crippen LogP contribution in [0.1, 0.15) is 55.9 Å². The maximum Gasteiger partial charge on any atom is 0.0843 e. The summed E-state index contributed by atoms with van der Waals surface area (Å²) in [5, 5.41) is 0. The number of hydrogen-bond donors (Lipinski definition) is 1. The first-order valence-electron chi connectivity index (χ1n) is 7.44. The van der Waals surface area contributed by atoms with Crippen LogP contribution in [0.5, 0.6) is 0 Å². The van der Waals surface area contributed by atoms with Crippen molar-refractivity contribution in [3.63, 3.8) is 0 Å². The van der Waals surface area contributed by atoms with Gasteiger partial charge in [-0.15, -0.1) is 11.3 Å². The monoisotopic (exact) mass is 421 g/mol. The number of nitrogens with two attached hydrogens (primary N) is 1. The summed E-state index contributed by atoms with van der Waals surface area (Å²) in [6.07, 6.45) is 8.70. The number of hydrogen-bond acceptors (Lipinski definition) is 3. The predicted molar refractivity (Wildman–Crippen MR) is 91.1 cm³/mol. The Balaban J connectivity index is 1.72. The van der Waals surface area contributed by atoms with E-state index in [9.17, 15) is 0 Å². The molecule has 1 spiro atoms. The van der Waals surface area contributed by atoms with Gasteiger partial charge in [0.15, 0.2) is 0 Å². The lowest BCUT2D eigenvalue weighted by Gasteiger charge is -2.44. The molecule has 2 N–H and O–H groups in total. The zero-order valence-electron chi connectivity index (χ0n) is 11.5. The van der Waals surface area contributed by atoms with E-state index in [0.29, 0.717) is 5.92 Å². The fourth-order valence-corrected chi connectivity index (χ4v) is 5.86. The van der Waals surface area contributed by atoms with E-state index < -0.39 is 0 Å². The van der Waals surface area contributed by atoms with Crippen LogP contribution in [0.15, 0.2) is 14.3 Å². The average molecular weight is 423 g/mol. The summed E-state index contributed by atoms with van der Waals surface area (Å²) in [6.45, 7) is 0.881. The zero-order chi connectivity index (χ0) is 14.2. The third-order valence-electron chi connectivity index (χ3n) is 4.80. The molecule has 1 aliphatic heterocycles. The van der Waals surface area contributed by atoms with E-state index in [1.807, 2.05) is 0 Å². The van der Waals surface area contributed by atoms with Gasteiger partial charge in [0.2, 0.25) is 0 Å². The summed E-state index contributed by atoms with van der Waals surface area (Å²) in [5.41, 5.74) is 6.70. The molecule has 1 aromatic heterocycles. The van der Waals surface area contributed by atoms with E-state index in [4.69, 9.17) is 10.5 Å². The quantitative estimate of drug-likeness (QED) is 0.691. The lowest BCUT2D eigenvalue weighted by atomic mass is 9.74. The largest absolute Gasteiger partial charge is 0.375 e. The molecule has 2 heterocycles. The summed E-state index contributed by atoms with van der Waals surface area (Å²) in [7, 11) is 0. The van der Waals surface area contributed by atoms with Gasteiger partial charge in [-0.25, -0.2) is 0 Å². The van der Waals surface area contributed by atoms with Crippen LogP contribution >= 0.6 is 43.2 Å². The first-order chi connectivity index (χ1) is 9.60. The molecule has 1 aliphatic carbocycles. The smallest absolute Gasteiger partial charge is 0.0843 e. The first kappa shape index (κ1) is 15.5. The van der Waals surface area contributed by atoms with Crippen molar-refractivity contribution < 1.29 is 4.74 Å². The van der Waals surface area contributed by atoms with Crippen molar-refractivity contribution >= 4 is 43.2 Å². The number of ether oxygens (including phenoxy) is 1. The third-order valence-corrected chi connectivity index (χ3v) is 8.15. The highest BCUT2D eigenvalue weighted by molar-refractivity contribution is 9.13. The van der Waals surface area contributed by atoms with Crippen LogP contribution in [0.2, 0.25) is 0 Å². The second kappa shape index (κ2) is 6.37. The highest BCUT2D eigenvalue weighted by Gasteiger charge is 2.40. The average Bonchev–Trinajstić information content (AvgIpc) is 2.79. The Morgan fingerprint density at radius 3 is 2.70 bits per heavy atom. The number of halogens is 2. The molecule has 1 saturated carbocycles. The van der Waals surface area contributed by atoms with Crippen LogP contribution in [0.25, 0.3) is 0 Å². The van der Waals surface area contributed by atoms with Gasteiger partial charge in [0.1, 0.15) is 0 Å². The van der Waals surface area contributed by atoms with Gasteiger partial charge in [-0.2, -0.15) is 0 Å². The van der Waals surface area contributed by atoms with E-state index in [-0.39, 0.29) is 11.6 Å². The van der Waals surface area contributed by atoms with Crippen molar-refractivity contribution in [3.05, 3.63) is 19.2 Å². The van der Waals surface area contributed by atoms with Crippen LogP contribution < -0.4 is 5.73 Å². The highest BCUT2D eigenvalue weighted by atomic mass is 79.9. The second-order valence-corrected chi connectivity index (χ2v) is 9.40. The first-order valence-corrected chi connectivity index (χ1v) is 9.84. The molecule has 2 fully saturated rings. The Morgan fingerprint density at radius 1 is 1.30 bits per heavy atom. The van der Waals surface area contributed by atoms with Crippen molar-refractivity contribution in [2.24, 2.45) is 11.7 Å². The van der Waals surface area contributed by atoms with Crippen LogP contribution in [-0.2, 0) is 4.74 Å². The van der Waals surface area contributed by atoms with Gasteiger partial charge in [-0.05, 0) is 69.5 Å². The van der Waals surface area contributed by atoms with E-state index >= 15 is 0 Å². The molecule has 20 heavy (non-hydrogen) atoms. The van der Waals surface area contributed by atoms with Crippen LogP contribution in [0.4, 0.5) is 0 Å². The highest BCUT2D eigenvalue weighted by Crippen LogP contribution is 2.45. The summed E-state index contributed by atoms with van der Waals surface area (Å²) < 4.78 is 8.44. The molecule has 1 saturated heterocycles. The van der Waals surface area contributed by atoms with Crippen molar-refractivity contribution in [1.29, 1.82) is 0 Å². The van der Waals surface area contributed by atoms with E-state index in [1.54, 1.807) is 11.3 Å². The minimum atomic E-state index is 0.143. The molecular formula is C15H21Br2NOS. The number of rotatable bonds is 2. The van der Waals surface area contributed by atoms with Crippen molar-refractivity contribution in [2.45, 2.75) is 56.6 Å². The summed E-state index contributed by atoms with van der Waals surface area (Å²) in [4.78, 5) is 1.28. The molecule has 0 radical (unpaired) electrons. The van der Waals surface area contributed by atoms with Gasteiger partial charge >= 0.3 is 0 Å². The molecule has 112 valence electrons. The Kier molecular flexibility index (Phi) is 4.93. The van der Waals surface area contributed by atoms with E-state index in [2.05, 4.69) is 37.9 Å². The molecule has 2 aliphatic rings. The molecule has 0 aromatic carbocycles. The number of thiophene rings is 1. The van der Waals surface area contributed by atoms with Crippen LogP contribution in [0.3, 0.4) is 0 Å². The van der Waals surface area contributed by atoms with Crippen LogP contribution in [0, 0.1) is 5.92 Å². The van der Waals surface area contributed by atoms with Crippen molar-refractivity contribution in [1.82, 2.24) is 0 Å². The molecule has 3 rings (SSSR count). The third kappa shape index (κ3) is 3.17. The maximum atomic E-state index is 6.56. The van der Waals surface area contributed by atoms with Crippen molar-refractivity contribution in [2.75, 3.05) is 6.61 Å². The minimum Gasteiger partial charge on any atom is -0.375 e. The summed E-state index contributed by atoms with van der Waals surface area (Å²) in [6, 6.07) is 2.31. The van der Waals surface area contributed by atoms with Gasteiger partial charge in [-0.1, -0.05) is 19.3 Å². The van der Waals surface area contributed by atoms with E-state index in [1.165, 1.54) is 37.0 Å². The molecule has 2 unspecified atom stereocenters. The topological polar surface area (TPSA) is 35.2 Å². The predicted octanol–water partition coefficient (Wildman–Crippen LogP) is 5.40. The van der Waals surface area contributed by atoms with E-state index in [0.717, 1.165) is 27.7 Å².